The molecule has 1 aromatic carbocycles. The molecule has 0 aliphatic carbocycles. The molecule has 1 unspecified atom stereocenters. The quantitative estimate of drug-likeness (QED) is 0.711. The Labute approximate surface area is 130 Å². The van der Waals surface area contributed by atoms with E-state index in [0.29, 0.717) is 5.92 Å². The minimum absolute atomic E-state index is 0.502. The van der Waals surface area contributed by atoms with E-state index in [-0.39, 0.29) is 0 Å². The molecule has 108 valence electrons. The van der Waals surface area contributed by atoms with E-state index in [1.165, 1.54) is 22.5 Å². The fourth-order valence-electron chi connectivity index (χ4n) is 2.48. The van der Waals surface area contributed by atoms with E-state index in [0.717, 1.165) is 24.7 Å². The molecule has 3 heteroatoms. The number of hydrogen-bond acceptors (Lipinski definition) is 1. The van der Waals surface area contributed by atoms with Crippen LogP contribution in [0.1, 0.15) is 42.3 Å². The SMILES string of the molecule is CCc1cc(CC(CBr)c2ccc(C)cc2)n(CC)n1. The van der Waals surface area contributed by atoms with Gasteiger partial charge >= 0.3 is 0 Å². The van der Waals surface area contributed by atoms with Gasteiger partial charge in [-0.15, -0.1) is 0 Å². The minimum Gasteiger partial charge on any atom is -0.270 e. The molecule has 0 fully saturated rings. The summed E-state index contributed by atoms with van der Waals surface area (Å²) in [6, 6.07) is 11.1. The molecule has 1 aromatic heterocycles. The van der Waals surface area contributed by atoms with Gasteiger partial charge in [-0.1, -0.05) is 52.7 Å². The average Bonchev–Trinajstić information content (AvgIpc) is 2.88. The monoisotopic (exact) mass is 334 g/mol. The van der Waals surface area contributed by atoms with Gasteiger partial charge in [-0.2, -0.15) is 5.10 Å². The predicted octanol–water partition coefficient (Wildman–Crippen LogP) is 4.50. The van der Waals surface area contributed by atoms with Crippen molar-refractivity contribution in [2.24, 2.45) is 0 Å². The molecular weight excluding hydrogens is 312 g/mol. The fraction of sp³-hybridized carbons (Fsp3) is 0.471. The second-order valence-corrected chi connectivity index (χ2v) is 5.91. The Morgan fingerprint density at radius 1 is 1.20 bits per heavy atom. The number of alkyl halides is 1. The molecular formula is C17H23BrN2. The van der Waals surface area contributed by atoms with Crippen LogP contribution in [0, 0.1) is 6.92 Å². The first-order valence-corrected chi connectivity index (χ1v) is 8.48. The van der Waals surface area contributed by atoms with Crippen LogP contribution < -0.4 is 0 Å². The van der Waals surface area contributed by atoms with Gasteiger partial charge in [0.15, 0.2) is 0 Å². The molecule has 0 bridgehead atoms. The zero-order valence-electron chi connectivity index (χ0n) is 12.6. The van der Waals surface area contributed by atoms with Gasteiger partial charge in [0.05, 0.1) is 5.69 Å². The van der Waals surface area contributed by atoms with Crippen LogP contribution in [0.3, 0.4) is 0 Å². The standard InChI is InChI=1S/C17H23BrN2/c1-4-16-11-17(20(5-2)19-16)10-15(12-18)14-8-6-13(3)7-9-14/h6-9,11,15H,4-5,10,12H2,1-3H3. The second kappa shape index (κ2) is 7.07. The van der Waals surface area contributed by atoms with E-state index in [4.69, 9.17) is 0 Å². The van der Waals surface area contributed by atoms with E-state index < -0.39 is 0 Å². The molecule has 0 saturated heterocycles. The summed E-state index contributed by atoms with van der Waals surface area (Å²) in [7, 11) is 0. The van der Waals surface area contributed by atoms with E-state index >= 15 is 0 Å². The Morgan fingerprint density at radius 3 is 2.45 bits per heavy atom. The summed E-state index contributed by atoms with van der Waals surface area (Å²) in [6.07, 6.45) is 2.04. The third-order valence-corrected chi connectivity index (χ3v) is 4.55. The summed E-state index contributed by atoms with van der Waals surface area (Å²) in [5.74, 6) is 0.502. The number of aromatic nitrogens is 2. The van der Waals surface area contributed by atoms with Crippen molar-refractivity contribution in [3.63, 3.8) is 0 Å². The highest BCUT2D eigenvalue weighted by Crippen LogP contribution is 2.24. The molecule has 20 heavy (non-hydrogen) atoms. The highest BCUT2D eigenvalue weighted by molar-refractivity contribution is 9.09. The Morgan fingerprint density at radius 2 is 1.90 bits per heavy atom. The fourth-order valence-corrected chi connectivity index (χ4v) is 3.08. The largest absolute Gasteiger partial charge is 0.270 e. The Bertz CT molecular complexity index is 543. The van der Waals surface area contributed by atoms with Gasteiger partial charge in [0, 0.05) is 17.6 Å². The van der Waals surface area contributed by atoms with Crippen molar-refractivity contribution < 1.29 is 0 Å². The van der Waals surface area contributed by atoms with Crippen LogP contribution in [0.5, 0.6) is 0 Å². The third kappa shape index (κ3) is 3.51. The van der Waals surface area contributed by atoms with Gasteiger partial charge in [-0.05, 0) is 44.2 Å². The van der Waals surface area contributed by atoms with Gasteiger partial charge < -0.3 is 0 Å². The molecule has 2 rings (SSSR count). The van der Waals surface area contributed by atoms with Crippen LogP contribution in [-0.2, 0) is 19.4 Å². The first-order chi connectivity index (χ1) is 9.67. The van der Waals surface area contributed by atoms with Gasteiger partial charge in [-0.25, -0.2) is 0 Å². The maximum atomic E-state index is 4.64. The van der Waals surface area contributed by atoms with Crippen LogP contribution >= 0.6 is 15.9 Å². The second-order valence-electron chi connectivity index (χ2n) is 5.26. The molecule has 0 aliphatic rings. The van der Waals surface area contributed by atoms with Crippen molar-refractivity contribution in [2.75, 3.05) is 5.33 Å². The first kappa shape index (κ1) is 15.3. The highest BCUT2D eigenvalue weighted by Gasteiger charge is 2.15. The zero-order chi connectivity index (χ0) is 14.5. The van der Waals surface area contributed by atoms with E-state index in [1.54, 1.807) is 0 Å². The summed E-state index contributed by atoms with van der Waals surface area (Å²) in [5.41, 5.74) is 5.25. The molecule has 2 aromatic rings. The van der Waals surface area contributed by atoms with Gasteiger partial charge in [0.2, 0.25) is 0 Å². The third-order valence-electron chi connectivity index (χ3n) is 3.77. The number of halogens is 1. The summed E-state index contributed by atoms with van der Waals surface area (Å²) in [4.78, 5) is 0. The van der Waals surface area contributed by atoms with Crippen molar-refractivity contribution in [3.05, 3.63) is 52.8 Å². The predicted molar refractivity (Wildman–Crippen MR) is 88.7 cm³/mol. The van der Waals surface area contributed by atoms with E-state index in [1.807, 2.05) is 0 Å². The van der Waals surface area contributed by atoms with Crippen molar-refractivity contribution in [2.45, 2.75) is 46.1 Å². The van der Waals surface area contributed by atoms with Crippen LogP contribution in [0.2, 0.25) is 0 Å². The Hall–Kier alpha value is -1.09. The lowest BCUT2D eigenvalue weighted by atomic mass is 9.95. The summed E-state index contributed by atoms with van der Waals surface area (Å²) >= 11 is 3.67. The van der Waals surface area contributed by atoms with Crippen LogP contribution in [0.4, 0.5) is 0 Å². The average molecular weight is 335 g/mol. The van der Waals surface area contributed by atoms with Crippen molar-refractivity contribution in [3.8, 4) is 0 Å². The highest BCUT2D eigenvalue weighted by atomic mass is 79.9. The Kier molecular flexibility index (Phi) is 5.41. The molecule has 0 aliphatic heterocycles. The van der Waals surface area contributed by atoms with Gasteiger partial charge in [0.1, 0.15) is 0 Å². The number of benzene rings is 1. The smallest absolute Gasteiger partial charge is 0.0624 e. The lowest BCUT2D eigenvalue weighted by molar-refractivity contribution is 0.594. The summed E-state index contributed by atoms with van der Waals surface area (Å²) < 4.78 is 2.14. The molecule has 0 radical (unpaired) electrons. The van der Waals surface area contributed by atoms with E-state index in [2.05, 4.69) is 76.8 Å². The lowest BCUT2D eigenvalue weighted by Crippen LogP contribution is -2.10. The topological polar surface area (TPSA) is 17.8 Å². The molecule has 0 N–H and O–H groups in total. The number of aryl methyl sites for hydroxylation is 3. The number of hydrogen-bond donors (Lipinski definition) is 0. The first-order valence-electron chi connectivity index (χ1n) is 7.36. The van der Waals surface area contributed by atoms with Crippen LogP contribution in [0.25, 0.3) is 0 Å². The molecule has 2 nitrogen and oxygen atoms in total. The summed E-state index contributed by atoms with van der Waals surface area (Å²) in [6.45, 7) is 7.39. The molecule has 0 amide bonds. The normalized spacial score (nSPS) is 12.6. The lowest BCUT2D eigenvalue weighted by Gasteiger charge is -2.15. The van der Waals surface area contributed by atoms with Crippen molar-refractivity contribution in [1.29, 1.82) is 0 Å². The maximum absolute atomic E-state index is 4.64. The van der Waals surface area contributed by atoms with Crippen molar-refractivity contribution in [1.82, 2.24) is 9.78 Å². The molecule has 0 spiro atoms. The van der Waals surface area contributed by atoms with Crippen LogP contribution in [0.15, 0.2) is 30.3 Å². The number of nitrogens with zero attached hydrogens (tertiary/aromatic N) is 2. The zero-order valence-corrected chi connectivity index (χ0v) is 14.2. The number of rotatable bonds is 6. The van der Waals surface area contributed by atoms with Gasteiger partial charge in [-0.3, -0.25) is 4.68 Å². The molecule has 1 atom stereocenters. The van der Waals surface area contributed by atoms with E-state index in [9.17, 15) is 0 Å². The molecule has 0 saturated carbocycles. The van der Waals surface area contributed by atoms with Gasteiger partial charge in [0.25, 0.3) is 0 Å². The maximum Gasteiger partial charge on any atom is 0.0624 e. The minimum atomic E-state index is 0.502. The van der Waals surface area contributed by atoms with Crippen molar-refractivity contribution >= 4 is 15.9 Å². The summed E-state index contributed by atoms with van der Waals surface area (Å²) in [5, 5.41) is 5.62. The Balaban J connectivity index is 2.21. The molecule has 1 heterocycles. The van der Waals surface area contributed by atoms with Crippen LogP contribution in [-0.4, -0.2) is 15.1 Å².